The van der Waals surface area contributed by atoms with Gasteiger partial charge in [-0.2, -0.15) is 0 Å². The number of hydrogen-bond donors (Lipinski definition) is 1. The van der Waals surface area contributed by atoms with E-state index in [4.69, 9.17) is 0 Å². The zero-order valence-electron chi connectivity index (χ0n) is 11.9. The maximum absolute atomic E-state index is 13.7. The monoisotopic (exact) mass is 267 g/mol. The van der Waals surface area contributed by atoms with E-state index in [9.17, 15) is 8.78 Å². The molecule has 1 nitrogen and oxygen atoms in total. The highest BCUT2D eigenvalue weighted by Gasteiger charge is 2.26. The van der Waals surface area contributed by atoms with Crippen molar-refractivity contribution < 1.29 is 8.78 Å². The lowest BCUT2D eigenvalue weighted by Gasteiger charge is -2.34. The van der Waals surface area contributed by atoms with Crippen LogP contribution in [0.5, 0.6) is 0 Å². The van der Waals surface area contributed by atoms with Crippen molar-refractivity contribution >= 4 is 0 Å². The van der Waals surface area contributed by atoms with Crippen LogP contribution in [-0.2, 0) is 0 Å². The maximum Gasteiger partial charge on any atom is 0.128 e. The average molecular weight is 267 g/mol. The Morgan fingerprint density at radius 2 is 1.89 bits per heavy atom. The lowest BCUT2D eigenvalue weighted by Crippen LogP contribution is -2.37. The molecule has 0 aliphatic heterocycles. The first kappa shape index (κ1) is 14.4. The van der Waals surface area contributed by atoms with E-state index in [0.29, 0.717) is 17.5 Å². The molecule has 0 amide bonds. The molecule has 1 saturated carbocycles. The first-order valence-corrected chi connectivity index (χ1v) is 7.18. The third-order valence-electron chi connectivity index (χ3n) is 4.51. The molecule has 1 aromatic carbocycles. The van der Waals surface area contributed by atoms with Crippen LogP contribution in [0, 0.1) is 23.5 Å². The summed E-state index contributed by atoms with van der Waals surface area (Å²) in [7, 11) is 0. The lowest BCUT2D eigenvalue weighted by atomic mass is 9.79. The Balaban J connectivity index is 2.01. The average Bonchev–Trinajstić information content (AvgIpc) is 2.36. The molecule has 1 aromatic rings. The number of halogens is 2. The molecule has 1 aliphatic rings. The second-order valence-electron chi connectivity index (χ2n) is 6.02. The van der Waals surface area contributed by atoms with Gasteiger partial charge in [-0.05, 0) is 56.2 Å². The highest BCUT2D eigenvalue weighted by molar-refractivity contribution is 5.22. The number of hydrogen-bond acceptors (Lipinski definition) is 1. The summed E-state index contributed by atoms with van der Waals surface area (Å²) in [6.45, 7) is 6.46. The molecule has 0 radical (unpaired) electrons. The second kappa shape index (κ2) is 6.00. The summed E-state index contributed by atoms with van der Waals surface area (Å²) in [4.78, 5) is 0. The molecule has 106 valence electrons. The molecule has 4 atom stereocenters. The van der Waals surface area contributed by atoms with Crippen LogP contribution < -0.4 is 5.32 Å². The van der Waals surface area contributed by atoms with Crippen LogP contribution in [-0.4, -0.2) is 6.04 Å². The predicted molar refractivity (Wildman–Crippen MR) is 73.9 cm³/mol. The van der Waals surface area contributed by atoms with E-state index in [0.717, 1.165) is 24.8 Å². The summed E-state index contributed by atoms with van der Waals surface area (Å²) in [6, 6.07) is 3.91. The first-order chi connectivity index (χ1) is 8.97. The van der Waals surface area contributed by atoms with E-state index in [-0.39, 0.29) is 17.7 Å². The summed E-state index contributed by atoms with van der Waals surface area (Å²) in [6.07, 6.45) is 3.44. The van der Waals surface area contributed by atoms with E-state index in [2.05, 4.69) is 19.2 Å². The van der Waals surface area contributed by atoms with Crippen molar-refractivity contribution in [2.75, 3.05) is 0 Å². The topological polar surface area (TPSA) is 12.0 Å². The summed E-state index contributed by atoms with van der Waals surface area (Å²) >= 11 is 0. The fourth-order valence-electron chi connectivity index (χ4n) is 2.99. The summed E-state index contributed by atoms with van der Waals surface area (Å²) in [5.74, 6) is 0.740. The quantitative estimate of drug-likeness (QED) is 0.853. The number of rotatable bonds is 3. The van der Waals surface area contributed by atoms with Crippen molar-refractivity contribution in [1.82, 2.24) is 5.32 Å². The third-order valence-corrected chi connectivity index (χ3v) is 4.51. The van der Waals surface area contributed by atoms with Crippen LogP contribution >= 0.6 is 0 Å². The van der Waals surface area contributed by atoms with E-state index in [1.165, 1.54) is 18.6 Å². The molecule has 0 spiro atoms. The van der Waals surface area contributed by atoms with Crippen LogP contribution in [0.1, 0.15) is 51.6 Å². The van der Waals surface area contributed by atoms with Gasteiger partial charge < -0.3 is 5.32 Å². The van der Waals surface area contributed by atoms with Crippen LogP contribution in [0.15, 0.2) is 18.2 Å². The van der Waals surface area contributed by atoms with E-state index >= 15 is 0 Å². The highest BCUT2D eigenvalue weighted by Crippen LogP contribution is 2.31. The van der Waals surface area contributed by atoms with Crippen LogP contribution in [0.4, 0.5) is 8.78 Å². The van der Waals surface area contributed by atoms with Crippen molar-refractivity contribution in [1.29, 1.82) is 0 Å². The smallest absolute Gasteiger partial charge is 0.128 e. The molecule has 4 unspecified atom stereocenters. The van der Waals surface area contributed by atoms with E-state index in [1.807, 2.05) is 6.92 Å². The molecular weight excluding hydrogens is 244 g/mol. The van der Waals surface area contributed by atoms with Gasteiger partial charge in [-0.15, -0.1) is 0 Å². The van der Waals surface area contributed by atoms with Crippen molar-refractivity contribution in [3.05, 3.63) is 35.4 Å². The summed E-state index contributed by atoms with van der Waals surface area (Å²) in [5.41, 5.74) is 0.422. The highest BCUT2D eigenvalue weighted by atomic mass is 19.1. The van der Waals surface area contributed by atoms with Crippen molar-refractivity contribution in [2.45, 2.75) is 52.1 Å². The molecule has 0 aromatic heterocycles. The number of nitrogens with one attached hydrogen (secondary N) is 1. The van der Waals surface area contributed by atoms with E-state index in [1.54, 1.807) is 0 Å². The van der Waals surface area contributed by atoms with Crippen molar-refractivity contribution in [3.63, 3.8) is 0 Å². The van der Waals surface area contributed by atoms with Gasteiger partial charge in [0.2, 0.25) is 0 Å². The minimum Gasteiger partial charge on any atom is -0.307 e. The minimum atomic E-state index is -0.379. The molecule has 3 heteroatoms. The standard InChI is InChI=1S/C16H23F2N/c1-10-4-6-14(8-11(10)2)19-12(3)15-9-13(17)5-7-16(15)18/h5,7,9-12,14,19H,4,6,8H2,1-3H3. The Kier molecular flexibility index (Phi) is 4.56. The van der Waals surface area contributed by atoms with Crippen LogP contribution in [0.25, 0.3) is 0 Å². The molecular formula is C16H23F2N. The SMILES string of the molecule is CC(NC1CCC(C)C(C)C1)c1cc(F)ccc1F. The molecule has 0 saturated heterocycles. The lowest BCUT2D eigenvalue weighted by molar-refractivity contribution is 0.216. The Morgan fingerprint density at radius 1 is 1.16 bits per heavy atom. The first-order valence-electron chi connectivity index (χ1n) is 7.18. The Bertz CT molecular complexity index is 433. The van der Waals surface area contributed by atoms with Gasteiger partial charge in [0.15, 0.2) is 0 Å². The van der Waals surface area contributed by atoms with Gasteiger partial charge in [0.25, 0.3) is 0 Å². The van der Waals surface area contributed by atoms with Gasteiger partial charge in [0.05, 0.1) is 0 Å². The Hall–Kier alpha value is -0.960. The van der Waals surface area contributed by atoms with Gasteiger partial charge in [0, 0.05) is 17.6 Å². The van der Waals surface area contributed by atoms with Gasteiger partial charge >= 0.3 is 0 Å². The van der Waals surface area contributed by atoms with Crippen molar-refractivity contribution in [2.24, 2.45) is 11.8 Å². The molecule has 19 heavy (non-hydrogen) atoms. The number of benzene rings is 1. The van der Waals surface area contributed by atoms with Crippen LogP contribution in [0.3, 0.4) is 0 Å². The van der Waals surface area contributed by atoms with Crippen LogP contribution in [0.2, 0.25) is 0 Å². The van der Waals surface area contributed by atoms with Gasteiger partial charge in [-0.1, -0.05) is 13.8 Å². The molecule has 0 bridgehead atoms. The fourth-order valence-corrected chi connectivity index (χ4v) is 2.99. The predicted octanol–water partition coefficient (Wildman–Crippen LogP) is 4.44. The van der Waals surface area contributed by atoms with Gasteiger partial charge in [-0.3, -0.25) is 0 Å². The maximum atomic E-state index is 13.7. The molecule has 2 rings (SSSR count). The van der Waals surface area contributed by atoms with Gasteiger partial charge in [-0.25, -0.2) is 8.78 Å². The minimum absolute atomic E-state index is 0.152. The zero-order valence-corrected chi connectivity index (χ0v) is 11.9. The van der Waals surface area contributed by atoms with E-state index < -0.39 is 0 Å². The summed E-state index contributed by atoms with van der Waals surface area (Å²) in [5, 5.41) is 3.45. The summed E-state index contributed by atoms with van der Waals surface area (Å²) < 4.78 is 26.9. The molecule has 1 N–H and O–H groups in total. The third kappa shape index (κ3) is 3.53. The normalized spacial score (nSPS) is 29.2. The second-order valence-corrected chi connectivity index (χ2v) is 6.02. The molecule has 0 heterocycles. The Labute approximate surface area is 114 Å². The zero-order chi connectivity index (χ0) is 14.0. The van der Waals surface area contributed by atoms with Crippen molar-refractivity contribution in [3.8, 4) is 0 Å². The largest absolute Gasteiger partial charge is 0.307 e. The molecule has 1 aliphatic carbocycles. The molecule has 1 fully saturated rings. The Morgan fingerprint density at radius 3 is 2.58 bits per heavy atom. The van der Waals surface area contributed by atoms with Gasteiger partial charge in [0.1, 0.15) is 11.6 Å². The fraction of sp³-hybridized carbons (Fsp3) is 0.625.